The van der Waals surface area contributed by atoms with Gasteiger partial charge in [0.1, 0.15) is 5.02 Å². The van der Waals surface area contributed by atoms with Crippen molar-refractivity contribution in [1.29, 1.82) is 0 Å². The van der Waals surface area contributed by atoms with E-state index in [2.05, 4.69) is 15.5 Å². The third-order valence-electron chi connectivity index (χ3n) is 3.45. The molecule has 1 aromatic carbocycles. The van der Waals surface area contributed by atoms with Crippen LogP contribution in [0.25, 0.3) is 0 Å². The number of hydrazone groups is 1. The van der Waals surface area contributed by atoms with Crippen molar-refractivity contribution in [1.82, 2.24) is 10.4 Å². The summed E-state index contributed by atoms with van der Waals surface area (Å²) < 4.78 is 11.2. The number of ether oxygens (including phenoxy) is 2. The number of pyridine rings is 1. The second-order valence-electron chi connectivity index (χ2n) is 5.60. The average molecular weight is 480 g/mol. The fourth-order valence-electron chi connectivity index (χ4n) is 2.17. The average Bonchev–Trinajstić information content (AvgIpc) is 2.68. The van der Waals surface area contributed by atoms with Crippen LogP contribution in [0.3, 0.4) is 0 Å². The second-order valence-corrected chi connectivity index (χ2v) is 7.12. The number of halogens is 4. The van der Waals surface area contributed by atoms with E-state index < -0.39 is 5.91 Å². The first kappa shape index (κ1) is 23.3. The highest BCUT2D eigenvalue weighted by molar-refractivity contribution is 6.46. The molecule has 0 radical (unpaired) electrons. The van der Waals surface area contributed by atoms with E-state index in [1.54, 1.807) is 12.1 Å². The summed E-state index contributed by atoms with van der Waals surface area (Å²) in [6.45, 7) is 4.77. The second kappa shape index (κ2) is 10.7. The molecule has 0 bridgehead atoms. The molecule has 2 aromatic rings. The number of nitrogens with two attached hydrogens (primary N) is 1. The highest BCUT2D eigenvalue weighted by atomic mass is 35.5. The maximum Gasteiger partial charge on any atom is 0.291 e. The molecule has 0 spiro atoms. The summed E-state index contributed by atoms with van der Waals surface area (Å²) in [4.78, 5) is 16.1. The van der Waals surface area contributed by atoms with Crippen molar-refractivity contribution in [2.45, 2.75) is 20.3 Å². The van der Waals surface area contributed by atoms with Gasteiger partial charge in [-0.25, -0.2) is 10.4 Å². The van der Waals surface area contributed by atoms with Crippen LogP contribution in [0.2, 0.25) is 20.2 Å². The largest absolute Gasteiger partial charge is 0.490 e. The van der Waals surface area contributed by atoms with E-state index in [1.807, 2.05) is 13.8 Å². The minimum atomic E-state index is -0.712. The predicted octanol–water partition coefficient (Wildman–Crippen LogP) is 5.23. The van der Waals surface area contributed by atoms with Crippen LogP contribution < -0.4 is 20.6 Å². The summed E-state index contributed by atoms with van der Waals surface area (Å²) in [5, 5.41) is 3.95. The Morgan fingerprint density at radius 1 is 1.21 bits per heavy atom. The quantitative estimate of drug-likeness (QED) is 0.307. The summed E-state index contributed by atoms with van der Waals surface area (Å²) in [6, 6.07) is 3.32. The number of hydrogen-bond donors (Lipinski definition) is 2. The van der Waals surface area contributed by atoms with Crippen LogP contribution in [0.15, 0.2) is 17.2 Å². The lowest BCUT2D eigenvalue weighted by atomic mass is 10.2. The van der Waals surface area contributed by atoms with Gasteiger partial charge in [0, 0.05) is 0 Å². The number of carbonyl (C=O) groups excluding carboxylic acids is 1. The molecule has 7 nitrogen and oxygen atoms in total. The van der Waals surface area contributed by atoms with Crippen LogP contribution in [-0.2, 0) is 0 Å². The number of amides is 1. The Bertz CT molecular complexity index is 938. The van der Waals surface area contributed by atoms with Crippen molar-refractivity contribution in [2.24, 2.45) is 5.10 Å². The third kappa shape index (κ3) is 5.79. The molecule has 29 heavy (non-hydrogen) atoms. The minimum Gasteiger partial charge on any atom is -0.490 e. The van der Waals surface area contributed by atoms with E-state index in [1.165, 1.54) is 6.21 Å². The molecule has 1 amide bonds. The molecular weight excluding hydrogens is 462 g/mol. The number of aromatic nitrogens is 1. The summed E-state index contributed by atoms with van der Waals surface area (Å²) in [5.41, 5.74) is 8.33. The van der Waals surface area contributed by atoms with Gasteiger partial charge < -0.3 is 15.2 Å². The first-order chi connectivity index (χ1) is 13.8. The SMILES string of the molecule is CCCOc1c(Cl)cc(C=NNC(=O)c2nc(Cl)c(Cl)c(N)c2Cl)cc1OCC. The molecule has 1 aromatic heterocycles. The topological polar surface area (TPSA) is 98.8 Å². The van der Waals surface area contributed by atoms with Crippen molar-refractivity contribution >= 4 is 64.2 Å². The first-order valence-corrected chi connectivity index (χ1v) is 10.0. The first-order valence-electron chi connectivity index (χ1n) is 8.52. The van der Waals surface area contributed by atoms with Crippen LogP contribution in [0.1, 0.15) is 36.3 Å². The van der Waals surface area contributed by atoms with Gasteiger partial charge in [-0.15, -0.1) is 0 Å². The number of anilines is 1. The molecule has 1 heterocycles. The van der Waals surface area contributed by atoms with Gasteiger partial charge in [-0.3, -0.25) is 4.79 Å². The molecule has 0 aliphatic heterocycles. The van der Waals surface area contributed by atoms with Gasteiger partial charge in [-0.05, 0) is 31.0 Å². The lowest BCUT2D eigenvalue weighted by Crippen LogP contribution is -2.20. The van der Waals surface area contributed by atoms with E-state index in [9.17, 15) is 4.79 Å². The Balaban J connectivity index is 2.21. The number of benzene rings is 1. The van der Waals surface area contributed by atoms with Crippen molar-refractivity contribution in [3.8, 4) is 11.5 Å². The van der Waals surface area contributed by atoms with E-state index in [0.29, 0.717) is 35.3 Å². The molecule has 0 fully saturated rings. The maximum absolute atomic E-state index is 12.3. The maximum atomic E-state index is 12.3. The Hall–Kier alpha value is -1.93. The van der Waals surface area contributed by atoms with E-state index >= 15 is 0 Å². The molecule has 2 rings (SSSR count). The number of carbonyl (C=O) groups is 1. The van der Waals surface area contributed by atoms with Gasteiger partial charge in [0.15, 0.2) is 22.3 Å². The summed E-state index contributed by atoms with van der Waals surface area (Å²) in [7, 11) is 0. The highest BCUT2D eigenvalue weighted by Gasteiger charge is 2.19. The number of nitrogens with one attached hydrogen (secondary N) is 1. The Morgan fingerprint density at radius 3 is 2.59 bits per heavy atom. The zero-order chi connectivity index (χ0) is 21.6. The van der Waals surface area contributed by atoms with Crippen molar-refractivity contribution in [3.05, 3.63) is 43.6 Å². The monoisotopic (exact) mass is 478 g/mol. The zero-order valence-electron chi connectivity index (χ0n) is 15.6. The molecule has 3 N–H and O–H groups in total. The molecule has 0 unspecified atom stereocenters. The third-order valence-corrected chi connectivity index (χ3v) is 4.87. The standard InChI is InChI=1S/C18H18Cl4N4O3/c1-3-5-29-16-10(19)6-9(7-11(16)28-4-2)8-24-26-18(27)15-12(20)14(23)13(21)17(22)25-15/h6-8H,3-5H2,1-2H3,(H2,23,25)(H,26,27). The number of nitrogens with zero attached hydrogens (tertiary/aromatic N) is 2. The van der Waals surface area contributed by atoms with Gasteiger partial charge in [0.2, 0.25) is 0 Å². The Kier molecular flexibility index (Phi) is 8.64. The Morgan fingerprint density at radius 2 is 1.93 bits per heavy atom. The number of nitrogen functional groups attached to an aromatic ring is 1. The van der Waals surface area contributed by atoms with Gasteiger partial charge >= 0.3 is 0 Å². The number of rotatable bonds is 8. The fourth-order valence-corrected chi connectivity index (χ4v) is 3.04. The normalized spacial score (nSPS) is 11.0. The molecule has 0 saturated heterocycles. The van der Waals surface area contributed by atoms with Crippen molar-refractivity contribution in [2.75, 3.05) is 18.9 Å². The molecular formula is C18H18Cl4N4O3. The molecule has 0 saturated carbocycles. The molecule has 0 atom stereocenters. The predicted molar refractivity (Wildman–Crippen MR) is 117 cm³/mol. The minimum absolute atomic E-state index is 0.0276. The van der Waals surface area contributed by atoms with Crippen LogP contribution >= 0.6 is 46.4 Å². The van der Waals surface area contributed by atoms with Crippen LogP contribution in [0, 0.1) is 0 Å². The molecule has 0 aliphatic rings. The van der Waals surface area contributed by atoms with Gasteiger partial charge in [-0.2, -0.15) is 5.10 Å². The van der Waals surface area contributed by atoms with Crippen LogP contribution in [0.4, 0.5) is 5.69 Å². The fraction of sp³-hybridized carbons (Fsp3) is 0.278. The smallest absolute Gasteiger partial charge is 0.291 e. The van der Waals surface area contributed by atoms with Gasteiger partial charge in [0.25, 0.3) is 5.91 Å². The van der Waals surface area contributed by atoms with Crippen LogP contribution in [0.5, 0.6) is 11.5 Å². The molecule has 156 valence electrons. The van der Waals surface area contributed by atoms with E-state index in [4.69, 9.17) is 61.6 Å². The molecule has 11 heteroatoms. The highest BCUT2D eigenvalue weighted by Crippen LogP contribution is 2.36. The Labute approximate surface area is 188 Å². The van der Waals surface area contributed by atoms with Gasteiger partial charge in [-0.1, -0.05) is 53.3 Å². The summed E-state index contributed by atoms with van der Waals surface area (Å²) >= 11 is 24.0. The zero-order valence-corrected chi connectivity index (χ0v) is 18.6. The lowest BCUT2D eigenvalue weighted by molar-refractivity contribution is 0.0950. The van der Waals surface area contributed by atoms with E-state index in [0.717, 1.165) is 6.42 Å². The summed E-state index contributed by atoms with van der Waals surface area (Å²) in [6.07, 6.45) is 2.21. The molecule has 0 aliphatic carbocycles. The lowest BCUT2D eigenvalue weighted by Gasteiger charge is -2.13. The van der Waals surface area contributed by atoms with Crippen LogP contribution in [-0.4, -0.2) is 30.3 Å². The summed E-state index contributed by atoms with van der Waals surface area (Å²) in [5.74, 6) is 0.220. The van der Waals surface area contributed by atoms with Crippen molar-refractivity contribution < 1.29 is 14.3 Å². The number of hydrogen-bond acceptors (Lipinski definition) is 6. The van der Waals surface area contributed by atoms with Crippen molar-refractivity contribution in [3.63, 3.8) is 0 Å². The van der Waals surface area contributed by atoms with E-state index in [-0.39, 0.29) is 26.6 Å². The van der Waals surface area contributed by atoms with Gasteiger partial charge in [0.05, 0.1) is 35.2 Å².